The van der Waals surface area contributed by atoms with Crippen LogP contribution in [-0.4, -0.2) is 39.0 Å². The van der Waals surface area contributed by atoms with Gasteiger partial charge in [0.2, 0.25) is 5.75 Å². The van der Waals surface area contributed by atoms with Gasteiger partial charge in [-0.2, -0.15) is 0 Å². The number of aromatic nitrogens is 2. The third kappa shape index (κ3) is 5.11. The summed E-state index contributed by atoms with van der Waals surface area (Å²) in [5, 5.41) is 11.6. The molecule has 0 aliphatic rings. The molecule has 0 spiro atoms. The minimum Gasteiger partial charge on any atom is -0.497 e. The molecular formula is C28H29ClFN3O5. The summed E-state index contributed by atoms with van der Waals surface area (Å²) in [5.41, 5.74) is 0.730. The van der Waals surface area contributed by atoms with E-state index < -0.39 is 29.3 Å². The van der Waals surface area contributed by atoms with E-state index in [1.54, 1.807) is 57.5 Å². The van der Waals surface area contributed by atoms with Gasteiger partial charge in [0.1, 0.15) is 5.75 Å². The van der Waals surface area contributed by atoms with Crippen LogP contribution in [0.25, 0.3) is 21.7 Å². The molecule has 1 amide bonds. The van der Waals surface area contributed by atoms with E-state index in [-0.39, 0.29) is 23.0 Å². The van der Waals surface area contributed by atoms with Gasteiger partial charge in [-0.05, 0) is 56.0 Å². The van der Waals surface area contributed by atoms with Gasteiger partial charge in [-0.1, -0.05) is 37.6 Å². The Morgan fingerprint density at radius 3 is 2.47 bits per heavy atom. The molecule has 2 heterocycles. The van der Waals surface area contributed by atoms with Crippen molar-refractivity contribution >= 4 is 39.4 Å². The van der Waals surface area contributed by atoms with E-state index in [0.717, 1.165) is 5.56 Å². The van der Waals surface area contributed by atoms with Crippen LogP contribution < -0.4 is 15.1 Å². The van der Waals surface area contributed by atoms with Gasteiger partial charge in [0, 0.05) is 17.0 Å². The number of nitrogens with zero attached hydrogens (tertiary/aromatic N) is 3. The summed E-state index contributed by atoms with van der Waals surface area (Å²) < 4.78 is 22.9. The van der Waals surface area contributed by atoms with Crippen LogP contribution in [0.5, 0.6) is 11.5 Å². The van der Waals surface area contributed by atoms with E-state index in [4.69, 9.17) is 21.2 Å². The molecule has 1 N–H and O–H groups in total. The Bertz CT molecular complexity index is 1570. The lowest BCUT2D eigenvalue weighted by molar-refractivity contribution is -0.0704. The highest BCUT2D eigenvalue weighted by Crippen LogP contribution is 2.38. The van der Waals surface area contributed by atoms with Crippen LogP contribution in [0.1, 0.15) is 38.4 Å². The van der Waals surface area contributed by atoms with Crippen LogP contribution in [-0.2, 0) is 6.54 Å². The second kappa shape index (κ2) is 10.9. The van der Waals surface area contributed by atoms with E-state index in [0.29, 0.717) is 39.1 Å². The fourth-order valence-corrected chi connectivity index (χ4v) is 4.93. The molecule has 0 bridgehead atoms. The number of ether oxygens (including phenoxy) is 1. The van der Waals surface area contributed by atoms with Crippen molar-refractivity contribution in [2.45, 2.75) is 46.7 Å². The fraction of sp³-hybridized carbons (Fsp3) is 0.321. The molecule has 1 atom stereocenters. The third-order valence-electron chi connectivity index (χ3n) is 6.40. The third-order valence-corrected chi connectivity index (χ3v) is 6.68. The number of halogens is 2. The molecule has 0 saturated heterocycles. The number of fused-ring (bicyclic) bond motifs is 3. The van der Waals surface area contributed by atoms with Crippen molar-refractivity contribution in [3.05, 3.63) is 75.0 Å². The molecule has 10 heteroatoms. The van der Waals surface area contributed by atoms with Crippen molar-refractivity contribution in [1.29, 1.82) is 0 Å². The van der Waals surface area contributed by atoms with Crippen LogP contribution in [0.15, 0.2) is 47.4 Å². The first-order chi connectivity index (χ1) is 18.0. The second-order valence-electron chi connectivity index (χ2n) is 9.63. The smallest absolute Gasteiger partial charge is 0.441 e. The highest BCUT2D eigenvalue weighted by molar-refractivity contribution is 6.33. The lowest BCUT2D eigenvalue weighted by Crippen LogP contribution is -2.41. The SMILES string of the molecule is COc1ccc(Cn2c(=O)c3c(C)nccc3c3cc(Cl)c(ON(C(=O)O)C(C)CC(C)C)c(F)c32)cc1. The van der Waals surface area contributed by atoms with Gasteiger partial charge in [-0.3, -0.25) is 9.78 Å². The van der Waals surface area contributed by atoms with Crippen LogP contribution in [0, 0.1) is 18.7 Å². The molecule has 2 aromatic heterocycles. The molecule has 4 aromatic rings. The lowest BCUT2D eigenvalue weighted by atomic mass is 10.0. The van der Waals surface area contributed by atoms with Crippen molar-refractivity contribution < 1.29 is 23.9 Å². The first-order valence-electron chi connectivity index (χ1n) is 12.2. The first kappa shape index (κ1) is 27.2. The Morgan fingerprint density at radius 2 is 1.87 bits per heavy atom. The molecule has 8 nitrogen and oxygen atoms in total. The Balaban J connectivity index is 1.98. The Morgan fingerprint density at radius 1 is 1.18 bits per heavy atom. The molecule has 1 unspecified atom stereocenters. The molecule has 0 aliphatic heterocycles. The van der Waals surface area contributed by atoms with Crippen molar-refractivity contribution in [3.8, 4) is 11.5 Å². The van der Waals surface area contributed by atoms with Crippen LogP contribution >= 0.6 is 11.6 Å². The summed E-state index contributed by atoms with van der Waals surface area (Å²) in [5.74, 6) is -0.588. The number of pyridine rings is 2. The Labute approximate surface area is 224 Å². The van der Waals surface area contributed by atoms with Gasteiger partial charge in [0.25, 0.3) is 5.56 Å². The molecule has 4 rings (SSSR count). The molecule has 38 heavy (non-hydrogen) atoms. The molecule has 0 radical (unpaired) electrons. The van der Waals surface area contributed by atoms with Crippen molar-refractivity contribution in [1.82, 2.24) is 14.6 Å². The van der Waals surface area contributed by atoms with Gasteiger partial charge in [-0.25, -0.2) is 9.18 Å². The zero-order valence-electron chi connectivity index (χ0n) is 21.8. The van der Waals surface area contributed by atoms with Gasteiger partial charge in [0.05, 0.1) is 41.3 Å². The maximum Gasteiger partial charge on any atom is 0.441 e. The van der Waals surface area contributed by atoms with Crippen molar-refractivity contribution in [2.24, 2.45) is 5.92 Å². The van der Waals surface area contributed by atoms with Gasteiger partial charge < -0.3 is 19.2 Å². The van der Waals surface area contributed by atoms with E-state index >= 15 is 4.39 Å². The maximum absolute atomic E-state index is 16.3. The fourth-order valence-electron chi connectivity index (χ4n) is 4.70. The summed E-state index contributed by atoms with van der Waals surface area (Å²) in [6, 6.07) is 9.61. The number of rotatable bonds is 8. The van der Waals surface area contributed by atoms with Gasteiger partial charge in [-0.15, -0.1) is 5.06 Å². The number of aryl methyl sites for hydroxylation is 1. The minimum atomic E-state index is -1.38. The standard InChI is InChI=1S/C28H29ClFN3O5/c1-15(2)12-16(3)33(28(35)36)38-26-22(29)13-21-20-10-11-31-17(4)23(20)27(34)32(25(21)24(26)30)14-18-6-8-19(37-5)9-7-18/h6-11,13,15-16H,12,14H2,1-5H3,(H,35,36). The van der Waals surface area contributed by atoms with Crippen molar-refractivity contribution in [3.63, 3.8) is 0 Å². The van der Waals surface area contributed by atoms with Gasteiger partial charge >= 0.3 is 6.09 Å². The summed E-state index contributed by atoms with van der Waals surface area (Å²) in [6.07, 6.45) is 0.642. The minimum absolute atomic E-state index is 0.0357. The lowest BCUT2D eigenvalue weighted by Gasteiger charge is -2.27. The van der Waals surface area contributed by atoms with Crippen LogP contribution in [0.3, 0.4) is 0 Å². The highest BCUT2D eigenvalue weighted by Gasteiger charge is 2.28. The maximum atomic E-state index is 16.3. The zero-order valence-corrected chi connectivity index (χ0v) is 22.5. The Hall–Kier alpha value is -3.85. The number of benzene rings is 2. The summed E-state index contributed by atoms with van der Waals surface area (Å²) >= 11 is 6.49. The average Bonchev–Trinajstić information content (AvgIpc) is 2.86. The first-order valence-corrected chi connectivity index (χ1v) is 12.5. The number of hydrogen-bond donors (Lipinski definition) is 1. The van der Waals surface area contributed by atoms with Gasteiger partial charge in [0.15, 0.2) is 5.82 Å². The number of carboxylic acid groups (broad SMARTS) is 1. The topological polar surface area (TPSA) is 93.9 Å². The monoisotopic (exact) mass is 541 g/mol. The van der Waals surface area contributed by atoms with Crippen LogP contribution in [0.4, 0.5) is 9.18 Å². The normalized spacial score (nSPS) is 12.2. The average molecular weight is 542 g/mol. The molecular weight excluding hydrogens is 513 g/mol. The molecule has 200 valence electrons. The predicted molar refractivity (Wildman–Crippen MR) is 145 cm³/mol. The molecule has 0 fully saturated rings. The number of hydroxylamine groups is 2. The zero-order chi connectivity index (χ0) is 27.7. The van der Waals surface area contributed by atoms with Crippen molar-refractivity contribution in [2.75, 3.05) is 7.11 Å². The number of carbonyl (C=O) groups is 1. The highest BCUT2D eigenvalue weighted by atomic mass is 35.5. The summed E-state index contributed by atoms with van der Waals surface area (Å²) in [7, 11) is 1.55. The summed E-state index contributed by atoms with van der Waals surface area (Å²) in [4.78, 5) is 35.6. The Kier molecular flexibility index (Phi) is 7.78. The molecule has 2 aromatic carbocycles. The predicted octanol–water partition coefficient (Wildman–Crippen LogP) is 6.42. The van der Waals surface area contributed by atoms with E-state index in [9.17, 15) is 14.7 Å². The number of amides is 1. The summed E-state index contributed by atoms with van der Waals surface area (Å²) in [6.45, 7) is 7.31. The largest absolute Gasteiger partial charge is 0.497 e. The number of methoxy groups -OCH3 is 1. The van der Waals surface area contributed by atoms with E-state index in [2.05, 4.69) is 4.98 Å². The number of hydrogen-bond acceptors (Lipinski definition) is 5. The second-order valence-corrected chi connectivity index (χ2v) is 10.0. The van der Waals surface area contributed by atoms with E-state index in [1.165, 1.54) is 10.6 Å². The quantitative estimate of drug-likeness (QED) is 0.204. The molecule has 0 aliphatic carbocycles. The van der Waals surface area contributed by atoms with E-state index in [1.807, 2.05) is 13.8 Å². The molecule has 0 saturated carbocycles. The van der Waals surface area contributed by atoms with Crippen LogP contribution in [0.2, 0.25) is 5.02 Å².